The molecule has 2 N–H and O–H groups in total. The van der Waals surface area contributed by atoms with E-state index in [1.807, 2.05) is 19.9 Å². The molecular weight excluding hydrogens is 259 g/mol. The molecule has 0 radical (unpaired) electrons. The van der Waals surface area contributed by atoms with E-state index >= 15 is 0 Å². The lowest BCUT2D eigenvalue weighted by molar-refractivity contribution is -0.120. The summed E-state index contributed by atoms with van der Waals surface area (Å²) in [5.41, 5.74) is 0.862. The molecule has 0 aromatic heterocycles. The summed E-state index contributed by atoms with van der Waals surface area (Å²) in [6, 6.07) is 5.12. The largest absolute Gasteiger partial charge is 0.348 e. The van der Waals surface area contributed by atoms with Gasteiger partial charge >= 0.3 is 0 Å². The molecule has 0 aliphatic heterocycles. The fourth-order valence-corrected chi connectivity index (χ4v) is 2.03. The van der Waals surface area contributed by atoms with Gasteiger partial charge in [0.1, 0.15) is 0 Å². The zero-order chi connectivity index (χ0) is 12.8. The molecule has 0 heterocycles. The number of benzene rings is 1. The summed E-state index contributed by atoms with van der Waals surface area (Å²) in [7, 11) is 0. The van der Waals surface area contributed by atoms with E-state index in [-0.39, 0.29) is 11.9 Å². The van der Waals surface area contributed by atoms with Crippen LogP contribution in [-0.2, 0) is 4.79 Å². The van der Waals surface area contributed by atoms with Crippen LogP contribution in [0.3, 0.4) is 0 Å². The Bertz CT molecular complexity index is 396. The molecule has 0 saturated heterocycles. The Hall–Kier alpha value is -0.770. The third-order valence-corrected chi connectivity index (χ3v) is 2.90. The number of rotatable bonds is 5. The van der Waals surface area contributed by atoms with Crippen LogP contribution in [-0.4, -0.2) is 19.0 Å². The zero-order valence-electron chi connectivity index (χ0n) is 9.89. The van der Waals surface area contributed by atoms with Gasteiger partial charge in [-0.25, -0.2) is 0 Å². The van der Waals surface area contributed by atoms with Gasteiger partial charge in [0.15, 0.2) is 0 Å². The van der Waals surface area contributed by atoms with Gasteiger partial charge in [0.2, 0.25) is 5.91 Å². The van der Waals surface area contributed by atoms with Gasteiger partial charge in [0.05, 0.1) is 12.6 Å². The number of nitrogens with one attached hydrogen (secondary N) is 2. The second-order valence-corrected chi connectivity index (χ2v) is 4.58. The molecule has 1 unspecified atom stereocenters. The van der Waals surface area contributed by atoms with E-state index in [0.29, 0.717) is 16.6 Å². The third-order valence-electron chi connectivity index (χ3n) is 2.34. The Labute approximate surface area is 111 Å². The monoisotopic (exact) mass is 274 g/mol. The van der Waals surface area contributed by atoms with Gasteiger partial charge in [-0.3, -0.25) is 4.79 Å². The van der Waals surface area contributed by atoms with Gasteiger partial charge in [-0.05, 0) is 31.2 Å². The van der Waals surface area contributed by atoms with Crippen LogP contribution in [0.2, 0.25) is 10.0 Å². The molecule has 0 aliphatic rings. The van der Waals surface area contributed by atoms with E-state index in [9.17, 15) is 4.79 Å². The molecule has 0 saturated carbocycles. The Morgan fingerprint density at radius 3 is 2.71 bits per heavy atom. The lowest BCUT2D eigenvalue weighted by Gasteiger charge is -2.16. The Balaban J connectivity index is 2.63. The van der Waals surface area contributed by atoms with E-state index in [1.165, 1.54) is 0 Å². The first kappa shape index (κ1) is 14.3. The van der Waals surface area contributed by atoms with E-state index in [0.717, 1.165) is 12.1 Å². The second kappa shape index (κ2) is 6.84. The van der Waals surface area contributed by atoms with Crippen molar-refractivity contribution in [2.75, 3.05) is 13.1 Å². The highest BCUT2D eigenvalue weighted by atomic mass is 35.5. The maximum absolute atomic E-state index is 11.5. The third kappa shape index (κ3) is 4.54. The predicted octanol–water partition coefficient (Wildman–Crippen LogP) is 2.78. The van der Waals surface area contributed by atoms with Crippen molar-refractivity contribution in [3.05, 3.63) is 33.8 Å². The Kier molecular flexibility index (Phi) is 5.75. The standard InChI is InChI=1S/C12H16Cl2N2O/c1-3-15-7-12(17)16-8(2)10-5-4-9(13)6-11(10)14/h4-6,8,15H,3,7H2,1-2H3,(H,16,17). The van der Waals surface area contributed by atoms with E-state index < -0.39 is 0 Å². The predicted molar refractivity (Wildman–Crippen MR) is 71.6 cm³/mol. The number of hydrogen-bond acceptors (Lipinski definition) is 2. The summed E-state index contributed by atoms with van der Waals surface area (Å²) in [6.45, 7) is 4.92. The van der Waals surface area contributed by atoms with Crippen molar-refractivity contribution < 1.29 is 4.79 Å². The minimum absolute atomic E-state index is 0.0506. The molecule has 94 valence electrons. The van der Waals surface area contributed by atoms with Crippen LogP contribution in [0.25, 0.3) is 0 Å². The fourth-order valence-electron chi connectivity index (χ4n) is 1.46. The lowest BCUT2D eigenvalue weighted by atomic mass is 10.1. The van der Waals surface area contributed by atoms with Gasteiger partial charge < -0.3 is 10.6 Å². The van der Waals surface area contributed by atoms with Gasteiger partial charge in [0, 0.05) is 10.0 Å². The summed E-state index contributed by atoms with van der Waals surface area (Å²) in [5, 5.41) is 6.98. The number of amides is 1. The molecule has 1 atom stereocenters. The van der Waals surface area contributed by atoms with Crippen LogP contribution in [0.4, 0.5) is 0 Å². The molecule has 0 fully saturated rings. The van der Waals surface area contributed by atoms with Gasteiger partial charge in [0.25, 0.3) is 0 Å². The maximum Gasteiger partial charge on any atom is 0.234 e. The number of halogens is 2. The first-order chi connectivity index (χ1) is 8.04. The molecule has 0 spiro atoms. The highest BCUT2D eigenvalue weighted by molar-refractivity contribution is 6.35. The van der Waals surface area contributed by atoms with Crippen LogP contribution in [0.15, 0.2) is 18.2 Å². The second-order valence-electron chi connectivity index (χ2n) is 3.74. The first-order valence-corrected chi connectivity index (χ1v) is 6.25. The average molecular weight is 275 g/mol. The molecule has 3 nitrogen and oxygen atoms in total. The summed E-state index contributed by atoms with van der Waals surface area (Å²) >= 11 is 11.9. The molecule has 5 heteroatoms. The number of carbonyl (C=O) groups excluding carboxylic acids is 1. The average Bonchev–Trinajstić information content (AvgIpc) is 2.26. The van der Waals surface area contributed by atoms with E-state index in [2.05, 4.69) is 10.6 Å². The summed E-state index contributed by atoms with van der Waals surface area (Å²) < 4.78 is 0. The van der Waals surface area contributed by atoms with Gasteiger partial charge in [-0.15, -0.1) is 0 Å². The highest BCUT2D eigenvalue weighted by Gasteiger charge is 2.12. The zero-order valence-corrected chi connectivity index (χ0v) is 11.4. The smallest absolute Gasteiger partial charge is 0.234 e. The van der Waals surface area contributed by atoms with Crippen molar-refractivity contribution in [2.45, 2.75) is 19.9 Å². The Morgan fingerprint density at radius 1 is 1.41 bits per heavy atom. The van der Waals surface area contributed by atoms with Crippen LogP contribution in [0.5, 0.6) is 0 Å². The topological polar surface area (TPSA) is 41.1 Å². The van der Waals surface area contributed by atoms with Crippen molar-refractivity contribution in [3.8, 4) is 0 Å². The summed E-state index contributed by atoms with van der Waals surface area (Å²) in [5.74, 6) is -0.0506. The number of likely N-dealkylation sites (N-methyl/N-ethyl adjacent to an activating group) is 1. The minimum Gasteiger partial charge on any atom is -0.348 e. The molecule has 1 aromatic rings. The lowest BCUT2D eigenvalue weighted by Crippen LogP contribution is -2.35. The van der Waals surface area contributed by atoms with Crippen molar-refractivity contribution >= 4 is 29.1 Å². The van der Waals surface area contributed by atoms with Gasteiger partial charge in [-0.1, -0.05) is 36.2 Å². The SMILES string of the molecule is CCNCC(=O)NC(C)c1ccc(Cl)cc1Cl. The molecule has 1 amide bonds. The molecule has 0 bridgehead atoms. The van der Waals surface area contributed by atoms with Crippen molar-refractivity contribution in [2.24, 2.45) is 0 Å². The minimum atomic E-state index is -0.133. The van der Waals surface area contributed by atoms with E-state index in [4.69, 9.17) is 23.2 Å². The maximum atomic E-state index is 11.5. The normalized spacial score (nSPS) is 12.2. The van der Waals surface area contributed by atoms with Crippen molar-refractivity contribution in [1.29, 1.82) is 0 Å². The summed E-state index contributed by atoms with van der Waals surface area (Å²) in [6.07, 6.45) is 0. The Morgan fingerprint density at radius 2 is 2.12 bits per heavy atom. The van der Waals surface area contributed by atoms with Crippen LogP contribution >= 0.6 is 23.2 Å². The van der Waals surface area contributed by atoms with Gasteiger partial charge in [-0.2, -0.15) is 0 Å². The number of hydrogen-bond donors (Lipinski definition) is 2. The van der Waals surface area contributed by atoms with Crippen molar-refractivity contribution in [1.82, 2.24) is 10.6 Å². The van der Waals surface area contributed by atoms with Crippen molar-refractivity contribution in [3.63, 3.8) is 0 Å². The van der Waals surface area contributed by atoms with Crippen LogP contribution < -0.4 is 10.6 Å². The first-order valence-electron chi connectivity index (χ1n) is 5.49. The van der Waals surface area contributed by atoms with E-state index in [1.54, 1.807) is 12.1 Å². The quantitative estimate of drug-likeness (QED) is 0.867. The molecule has 0 aliphatic carbocycles. The van der Waals surface area contributed by atoms with Crippen LogP contribution in [0.1, 0.15) is 25.5 Å². The summed E-state index contributed by atoms with van der Waals surface area (Å²) in [4.78, 5) is 11.5. The molecule has 1 rings (SSSR count). The molecular formula is C12H16Cl2N2O. The fraction of sp³-hybridized carbons (Fsp3) is 0.417. The molecule has 1 aromatic carbocycles. The molecule has 17 heavy (non-hydrogen) atoms. The number of carbonyl (C=O) groups is 1. The highest BCUT2D eigenvalue weighted by Crippen LogP contribution is 2.25. The van der Waals surface area contributed by atoms with Crippen LogP contribution in [0, 0.1) is 0 Å².